The van der Waals surface area contributed by atoms with Gasteiger partial charge in [-0.2, -0.15) is 5.10 Å². The molecule has 1 aromatic heterocycles. The molecule has 1 fully saturated rings. The molecule has 0 atom stereocenters. The largest absolute Gasteiger partial charge is 0.317 e. The number of nitrogens with zero attached hydrogens (tertiary/aromatic N) is 3. The summed E-state index contributed by atoms with van der Waals surface area (Å²) in [6, 6.07) is 0. The molecule has 0 bridgehead atoms. The van der Waals surface area contributed by atoms with E-state index >= 15 is 0 Å². The SMILES string of the molecule is CCc1nc(CC2CCNCC2)nn1C. The lowest BCUT2D eigenvalue weighted by atomic mass is 9.94. The fourth-order valence-corrected chi connectivity index (χ4v) is 2.21. The molecule has 0 radical (unpaired) electrons. The summed E-state index contributed by atoms with van der Waals surface area (Å²) in [5.41, 5.74) is 0. The van der Waals surface area contributed by atoms with Crippen LogP contribution in [0.15, 0.2) is 0 Å². The molecule has 0 unspecified atom stereocenters. The van der Waals surface area contributed by atoms with Gasteiger partial charge < -0.3 is 5.32 Å². The minimum atomic E-state index is 0.776. The zero-order chi connectivity index (χ0) is 10.7. The second kappa shape index (κ2) is 4.75. The van der Waals surface area contributed by atoms with Crippen molar-refractivity contribution >= 4 is 0 Å². The van der Waals surface area contributed by atoms with Gasteiger partial charge in [0.1, 0.15) is 5.82 Å². The highest BCUT2D eigenvalue weighted by Gasteiger charge is 2.16. The lowest BCUT2D eigenvalue weighted by Gasteiger charge is -2.20. The molecule has 1 N–H and O–H groups in total. The van der Waals surface area contributed by atoms with Crippen molar-refractivity contribution < 1.29 is 0 Å². The van der Waals surface area contributed by atoms with Crippen LogP contribution >= 0.6 is 0 Å². The highest BCUT2D eigenvalue weighted by molar-refractivity contribution is 4.94. The Morgan fingerprint density at radius 1 is 1.40 bits per heavy atom. The van der Waals surface area contributed by atoms with Crippen LogP contribution in [0.5, 0.6) is 0 Å². The number of aryl methyl sites for hydroxylation is 2. The lowest BCUT2D eigenvalue weighted by molar-refractivity contribution is 0.367. The van der Waals surface area contributed by atoms with Gasteiger partial charge in [0, 0.05) is 19.9 Å². The fraction of sp³-hybridized carbons (Fsp3) is 0.818. The van der Waals surface area contributed by atoms with Crippen molar-refractivity contribution in [2.75, 3.05) is 13.1 Å². The summed E-state index contributed by atoms with van der Waals surface area (Å²) in [5, 5.41) is 7.84. The molecule has 1 saturated heterocycles. The molecule has 15 heavy (non-hydrogen) atoms. The molecule has 1 aliphatic heterocycles. The van der Waals surface area contributed by atoms with Crippen LogP contribution in [0.1, 0.15) is 31.4 Å². The molecule has 0 saturated carbocycles. The van der Waals surface area contributed by atoms with E-state index in [4.69, 9.17) is 0 Å². The van der Waals surface area contributed by atoms with Gasteiger partial charge in [0.25, 0.3) is 0 Å². The van der Waals surface area contributed by atoms with Crippen LogP contribution in [-0.2, 0) is 19.9 Å². The molecule has 0 amide bonds. The second-order valence-electron chi connectivity index (χ2n) is 4.32. The molecule has 4 heteroatoms. The predicted molar refractivity (Wildman–Crippen MR) is 59.7 cm³/mol. The van der Waals surface area contributed by atoms with Crippen LogP contribution in [0.2, 0.25) is 0 Å². The molecule has 2 rings (SSSR count). The Morgan fingerprint density at radius 3 is 2.73 bits per heavy atom. The van der Waals surface area contributed by atoms with Crippen molar-refractivity contribution in [3.8, 4) is 0 Å². The van der Waals surface area contributed by atoms with Crippen molar-refractivity contribution in [1.82, 2.24) is 20.1 Å². The first-order valence-corrected chi connectivity index (χ1v) is 5.89. The van der Waals surface area contributed by atoms with E-state index in [1.54, 1.807) is 0 Å². The molecular formula is C11H20N4. The number of rotatable bonds is 3. The maximum Gasteiger partial charge on any atom is 0.151 e. The third kappa shape index (κ3) is 2.56. The molecule has 1 aromatic rings. The van der Waals surface area contributed by atoms with Crippen LogP contribution in [0, 0.1) is 5.92 Å². The van der Waals surface area contributed by atoms with E-state index < -0.39 is 0 Å². The van der Waals surface area contributed by atoms with Crippen LogP contribution in [-0.4, -0.2) is 27.9 Å². The first-order valence-electron chi connectivity index (χ1n) is 5.89. The van der Waals surface area contributed by atoms with E-state index in [2.05, 4.69) is 22.3 Å². The number of hydrogen-bond acceptors (Lipinski definition) is 3. The highest BCUT2D eigenvalue weighted by Crippen LogP contribution is 2.16. The minimum Gasteiger partial charge on any atom is -0.317 e. The first-order chi connectivity index (χ1) is 7.29. The van der Waals surface area contributed by atoms with Crippen molar-refractivity contribution in [2.24, 2.45) is 13.0 Å². The van der Waals surface area contributed by atoms with E-state index in [-0.39, 0.29) is 0 Å². The van der Waals surface area contributed by atoms with Crippen molar-refractivity contribution in [2.45, 2.75) is 32.6 Å². The van der Waals surface area contributed by atoms with Gasteiger partial charge >= 0.3 is 0 Å². The molecule has 2 heterocycles. The number of nitrogens with one attached hydrogen (secondary N) is 1. The van der Waals surface area contributed by atoms with E-state index in [9.17, 15) is 0 Å². The first kappa shape index (κ1) is 10.6. The minimum absolute atomic E-state index is 0.776. The molecule has 84 valence electrons. The summed E-state index contributed by atoms with van der Waals surface area (Å²) in [5.74, 6) is 2.90. The second-order valence-corrected chi connectivity index (χ2v) is 4.32. The lowest BCUT2D eigenvalue weighted by Crippen LogP contribution is -2.28. The Kier molecular flexibility index (Phi) is 3.36. The van der Waals surface area contributed by atoms with E-state index in [0.717, 1.165) is 43.5 Å². The van der Waals surface area contributed by atoms with Gasteiger partial charge in [-0.1, -0.05) is 6.92 Å². The number of aromatic nitrogens is 3. The van der Waals surface area contributed by atoms with Gasteiger partial charge in [-0.15, -0.1) is 0 Å². The molecule has 1 aliphatic rings. The quantitative estimate of drug-likeness (QED) is 0.803. The van der Waals surface area contributed by atoms with Crippen molar-refractivity contribution in [3.63, 3.8) is 0 Å². The van der Waals surface area contributed by atoms with Gasteiger partial charge in [0.15, 0.2) is 5.82 Å². The zero-order valence-corrected chi connectivity index (χ0v) is 9.66. The normalized spacial score (nSPS) is 18.3. The van der Waals surface area contributed by atoms with E-state index in [1.165, 1.54) is 12.8 Å². The van der Waals surface area contributed by atoms with Crippen molar-refractivity contribution in [1.29, 1.82) is 0 Å². The Morgan fingerprint density at radius 2 is 2.13 bits per heavy atom. The maximum absolute atomic E-state index is 4.55. The van der Waals surface area contributed by atoms with Gasteiger partial charge in [0.05, 0.1) is 0 Å². The van der Waals surface area contributed by atoms with Gasteiger partial charge in [0.2, 0.25) is 0 Å². The fourth-order valence-electron chi connectivity index (χ4n) is 2.21. The third-order valence-electron chi connectivity index (χ3n) is 3.14. The molecular weight excluding hydrogens is 188 g/mol. The summed E-state index contributed by atoms with van der Waals surface area (Å²) < 4.78 is 1.91. The van der Waals surface area contributed by atoms with Crippen LogP contribution < -0.4 is 5.32 Å². The molecule has 0 aromatic carbocycles. The van der Waals surface area contributed by atoms with Gasteiger partial charge in [-0.25, -0.2) is 4.98 Å². The van der Waals surface area contributed by atoms with Crippen LogP contribution in [0.4, 0.5) is 0 Å². The molecule has 4 nitrogen and oxygen atoms in total. The predicted octanol–water partition coefficient (Wildman–Crippen LogP) is 0.920. The van der Waals surface area contributed by atoms with Gasteiger partial charge in [-0.3, -0.25) is 4.68 Å². The van der Waals surface area contributed by atoms with E-state index in [1.807, 2.05) is 11.7 Å². The monoisotopic (exact) mass is 208 g/mol. The Hall–Kier alpha value is -0.900. The molecule has 0 aliphatic carbocycles. The topological polar surface area (TPSA) is 42.7 Å². The number of piperidine rings is 1. The highest BCUT2D eigenvalue weighted by atomic mass is 15.3. The Bertz CT molecular complexity index is 312. The molecule has 0 spiro atoms. The van der Waals surface area contributed by atoms with Crippen LogP contribution in [0.25, 0.3) is 0 Å². The Labute approximate surface area is 91.1 Å². The average molecular weight is 208 g/mol. The Balaban J connectivity index is 1.97. The third-order valence-corrected chi connectivity index (χ3v) is 3.14. The standard InChI is InChI=1S/C11H20N4/c1-3-11-13-10(14-15(11)2)8-9-4-6-12-7-5-9/h9,12H,3-8H2,1-2H3. The van der Waals surface area contributed by atoms with Gasteiger partial charge in [-0.05, 0) is 31.8 Å². The van der Waals surface area contributed by atoms with E-state index in [0.29, 0.717) is 0 Å². The van der Waals surface area contributed by atoms with Crippen LogP contribution in [0.3, 0.4) is 0 Å². The zero-order valence-electron chi connectivity index (χ0n) is 9.66. The summed E-state index contributed by atoms with van der Waals surface area (Å²) in [6.07, 6.45) is 4.55. The van der Waals surface area contributed by atoms with Crippen molar-refractivity contribution in [3.05, 3.63) is 11.6 Å². The summed E-state index contributed by atoms with van der Waals surface area (Å²) in [4.78, 5) is 4.55. The summed E-state index contributed by atoms with van der Waals surface area (Å²) >= 11 is 0. The smallest absolute Gasteiger partial charge is 0.151 e. The number of hydrogen-bond donors (Lipinski definition) is 1. The summed E-state index contributed by atoms with van der Waals surface area (Å²) in [6.45, 7) is 4.43. The maximum atomic E-state index is 4.55. The average Bonchev–Trinajstić information content (AvgIpc) is 2.60. The summed E-state index contributed by atoms with van der Waals surface area (Å²) in [7, 11) is 1.98.